The van der Waals surface area contributed by atoms with E-state index in [4.69, 9.17) is 0 Å². The Bertz CT molecular complexity index is 247. The van der Waals surface area contributed by atoms with Gasteiger partial charge in [-0.25, -0.2) is 0 Å². The summed E-state index contributed by atoms with van der Waals surface area (Å²) in [6.45, 7) is 6.62. The summed E-state index contributed by atoms with van der Waals surface area (Å²) in [5, 5.41) is 0. The molecule has 0 atom stereocenters. The molecule has 134 valence electrons. The van der Waals surface area contributed by atoms with Gasteiger partial charge in [-0.3, -0.25) is 0 Å². The lowest BCUT2D eigenvalue weighted by molar-refractivity contribution is -0.897. The van der Waals surface area contributed by atoms with Crippen LogP contribution >= 0.6 is 0 Å². The Hall–Kier alpha value is -0.255. The van der Waals surface area contributed by atoms with Gasteiger partial charge in [0.05, 0.1) is 26.7 Å². The zero-order valence-electron chi connectivity index (χ0n) is 14.4. The molecular formula is C16H34BF4N. The Kier molecular flexibility index (Phi) is 12.1. The Balaban J connectivity index is 0.000000763. The highest BCUT2D eigenvalue weighted by molar-refractivity contribution is 6.50. The maximum Gasteiger partial charge on any atom is 0.673 e. The summed E-state index contributed by atoms with van der Waals surface area (Å²) in [6, 6.07) is 0. The number of hydrogen-bond donors (Lipinski definition) is 0. The molecule has 1 fully saturated rings. The average molecular weight is 327 g/mol. The number of nitrogens with zero attached hydrogens (tertiary/aromatic N) is 1. The standard InChI is InChI=1S/C16H34N.BF4/c1-3-4-5-6-7-8-9-10-11-14-17(2)15-12-13-16-17;2-1(3,4)5/h3-16H2,1-2H3;/q+1;-1. The van der Waals surface area contributed by atoms with E-state index in [1.807, 2.05) is 0 Å². The van der Waals surface area contributed by atoms with Crippen molar-refractivity contribution in [2.24, 2.45) is 0 Å². The zero-order chi connectivity index (χ0) is 16.9. The van der Waals surface area contributed by atoms with Crippen molar-refractivity contribution in [1.29, 1.82) is 0 Å². The summed E-state index contributed by atoms with van der Waals surface area (Å²) < 4.78 is 40.4. The summed E-state index contributed by atoms with van der Waals surface area (Å²) in [7, 11) is -3.54. The normalized spacial score (nSPS) is 17.2. The minimum absolute atomic E-state index is 1.37. The smallest absolute Gasteiger partial charge is 0.418 e. The van der Waals surface area contributed by atoms with Gasteiger partial charge < -0.3 is 21.7 Å². The predicted molar refractivity (Wildman–Crippen MR) is 87.4 cm³/mol. The van der Waals surface area contributed by atoms with Crippen LogP contribution in [0.4, 0.5) is 17.3 Å². The van der Waals surface area contributed by atoms with Crippen molar-refractivity contribution in [2.45, 2.75) is 77.6 Å². The first kappa shape index (κ1) is 21.7. The van der Waals surface area contributed by atoms with Gasteiger partial charge in [0.25, 0.3) is 0 Å². The van der Waals surface area contributed by atoms with E-state index in [1.165, 1.54) is 94.7 Å². The molecule has 1 nitrogen and oxygen atoms in total. The van der Waals surface area contributed by atoms with E-state index in [9.17, 15) is 17.3 Å². The van der Waals surface area contributed by atoms with Crippen LogP contribution in [0.5, 0.6) is 0 Å². The topological polar surface area (TPSA) is 0 Å². The lowest BCUT2D eigenvalue weighted by atomic mass is 10.1. The second kappa shape index (κ2) is 12.2. The van der Waals surface area contributed by atoms with Gasteiger partial charge in [-0.2, -0.15) is 0 Å². The molecule has 0 unspecified atom stereocenters. The van der Waals surface area contributed by atoms with E-state index in [0.717, 1.165) is 0 Å². The molecule has 0 N–H and O–H groups in total. The van der Waals surface area contributed by atoms with Crippen molar-refractivity contribution in [3.63, 3.8) is 0 Å². The largest absolute Gasteiger partial charge is 0.673 e. The fourth-order valence-corrected chi connectivity index (χ4v) is 3.13. The Morgan fingerprint density at radius 3 is 1.50 bits per heavy atom. The minimum Gasteiger partial charge on any atom is -0.418 e. The van der Waals surface area contributed by atoms with E-state index >= 15 is 0 Å². The molecule has 1 saturated heterocycles. The molecule has 0 bridgehead atoms. The SMILES string of the molecule is CCCCCCCCCCC[N+]1(C)CCCC1.F[B-](F)(F)F. The number of quaternary nitrogens is 1. The molecule has 1 rings (SSSR count). The van der Waals surface area contributed by atoms with Gasteiger partial charge in [-0.05, 0) is 12.8 Å². The monoisotopic (exact) mass is 327 g/mol. The van der Waals surface area contributed by atoms with Crippen LogP contribution in [-0.4, -0.2) is 38.4 Å². The highest BCUT2D eigenvalue weighted by atomic mass is 19.5. The van der Waals surface area contributed by atoms with E-state index < -0.39 is 7.25 Å². The molecule has 0 saturated carbocycles. The van der Waals surface area contributed by atoms with Gasteiger partial charge in [0.15, 0.2) is 0 Å². The van der Waals surface area contributed by atoms with Crippen molar-refractivity contribution in [1.82, 2.24) is 0 Å². The van der Waals surface area contributed by atoms with Gasteiger partial charge >= 0.3 is 7.25 Å². The molecule has 6 heteroatoms. The van der Waals surface area contributed by atoms with Crippen LogP contribution in [0.3, 0.4) is 0 Å². The third kappa shape index (κ3) is 16.1. The number of halogens is 4. The van der Waals surface area contributed by atoms with Gasteiger partial charge in [0.2, 0.25) is 0 Å². The second-order valence-electron chi connectivity index (χ2n) is 6.82. The molecule has 0 radical (unpaired) electrons. The van der Waals surface area contributed by atoms with E-state index in [1.54, 1.807) is 0 Å². The summed E-state index contributed by atoms with van der Waals surface area (Å²) in [4.78, 5) is 0. The van der Waals surface area contributed by atoms with Gasteiger partial charge in [0, 0.05) is 12.8 Å². The fraction of sp³-hybridized carbons (Fsp3) is 1.00. The minimum atomic E-state index is -6.00. The molecule has 22 heavy (non-hydrogen) atoms. The zero-order valence-corrected chi connectivity index (χ0v) is 14.4. The summed E-state index contributed by atoms with van der Waals surface area (Å²) in [5.41, 5.74) is 0. The molecular weight excluding hydrogens is 293 g/mol. The van der Waals surface area contributed by atoms with Gasteiger partial charge in [-0.1, -0.05) is 51.9 Å². The number of unbranched alkanes of at least 4 members (excludes halogenated alkanes) is 8. The van der Waals surface area contributed by atoms with E-state index in [-0.39, 0.29) is 0 Å². The summed E-state index contributed by atoms with van der Waals surface area (Å²) >= 11 is 0. The summed E-state index contributed by atoms with van der Waals surface area (Å²) in [6.07, 6.45) is 16.1. The first-order valence-electron chi connectivity index (χ1n) is 8.98. The first-order chi connectivity index (χ1) is 10.3. The maximum absolute atomic E-state index is 9.75. The Morgan fingerprint density at radius 2 is 1.09 bits per heavy atom. The number of rotatable bonds is 10. The van der Waals surface area contributed by atoms with Crippen LogP contribution < -0.4 is 0 Å². The first-order valence-corrected chi connectivity index (χ1v) is 8.98. The van der Waals surface area contributed by atoms with E-state index in [2.05, 4.69) is 14.0 Å². The molecule has 1 aliphatic rings. The van der Waals surface area contributed by atoms with Crippen LogP contribution in [-0.2, 0) is 0 Å². The van der Waals surface area contributed by atoms with Crippen LogP contribution in [0.2, 0.25) is 0 Å². The third-order valence-corrected chi connectivity index (χ3v) is 4.45. The van der Waals surface area contributed by atoms with Gasteiger partial charge in [0.1, 0.15) is 0 Å². The quantitative estimate of drug-likeness (QED) is 0.198. The van der Waals surface area contributed by atoms with Crippen molar-refractivity contribution < 1.29 is 21.7 Å². The molecule has 1 aliphatic heterocycles. The summed E-state index contributed by atoms with van der Waals surface area (Å²) in [5.74, 6) is 0. The van der Waals surface area contributed by atoms with Crippen LogP contribution in [0.15, 0.2) is 0 Å². The van der Waals surface area contributed by atoms with E-state index in [0.29, 0.717) is 0 Å². The van der Waals surface area contributed by atoms with Crippen molar-refractivity contribution in [2.75, 3.05) is 26.7 Å². The van der Waals surface area contributed by atoms with Crippen LogP contribution in [0.1, 0.15) is 77.6 Å². The molecule has 0 amide bonds. The number of hydrogen-bond acceptors (Lipinski definition) is 0. The third-order valence-electron chi connectivity index (χ3n) is 4.45. The maximum atomic E-state index is 9.75. The Labute approximate surface area is 134 Å². The molecule has 0 spiro atoms. The predicted octanol–water partition coefficient (Wildman–Crippen LogP) is 6.06. The molecule has 0 aromatic carbocycles. The number of likely N-dealkylation sites (tertiary alicyclic amines) is 1. The van der Waals surface area contributed by atoms with Crippen molar-refractivity contribution in [3.05, 3.63) is 0 Å². The lowest BCUT2D eigenvalue weighted by Gasteiger charge is -2.29. The molecule has 0 aliphatic carbocycles. The van der Waals surface area contributed by atoms with Gasteiger partial charge in [-0.15, -0.1) is 0 Å². The fourth-order valence-electron chi connectivity index (χ4n) is 3.13. The van der Waals surface area contributed by atoms with Crippen molar-refractivity contribution in [3.8, 4) is 0 Å². The van der Waals surface area contributed by atoms with Crippen LogP contribution in [0, 0.1) is 0 Å². The average Bonchev–Trinajstić information content (AvgIpc) is 2.82. The molecule has 0 aromatic heterocycles. The Morgan fingerprint density at radius 1 is 0.727 bits per heavy atom. The lowest BCUT2D eigenvalue weighted by Crippen LogP contribution is -2.41. The highest BCUT2D eigenvalue weighted by Crippen LogP contribution is 2.18. The van der Waals surface area contributed by atoms with Crippen molar-refractivity contribution >= 4 is 7.25 Å². The molecule has 0 aromatic rings. The molecule has 1 heterocycles. The highest BCUT2D eigenvalue weighted by Gasteiger charge is 2.25. The van der Waals surface area contributed by atoms with Crippen LogP contribution in [0.25, 0.3) is 0 Å². The second-order valence-corrected chi connectivity index (χ2v) is 6.82.